The molecule has 1 aliphatic heterocycles. The van der Waals surface area contributed by atoms with E-state index in [2.05, 4.69) is 4.98 Å². The third-order valence-electron chi connectivity index (χ3n) is 2.89. The van der Waals surface area contributed by atoms with Crippen LogP contribution in [0.2, 0.25) is 0 Å². The van der Waals surface area contributed by atoms with Crippen molar-refractivity contribution >= 4 is 6.29 Å². The molecule has 0 saturated carbocycles. The van der Waals surface area contributed by atoms with Crippen LogP contribution in [0.4, 0.5) is 0 Å². The van der Waals surface area contributed by atoms with Crippen molar-refractivity contribution in [2.45, 2.75) is 13.3 Å². The number of benzene rings is 1. The lowest BCUT2D eigenvalue weighted by Gasteiger charge is -2.08. The van der Waals surface area contributed by atoms with Crippen molar-refractivity contribution in [3.05, 3.63) is 29.9 Å². The van der Waals surface area contributed by atoms with Crippen molar-refractivity contribution in [1.82, 2.24) is 4.98 Å². The van der Waals surface area contributed by atoms with Gasteiger partial charge in [0.05, 0.1) is 13.2 Å². The summed E-state index contributed by atoms with van der Waals surface area (Å²) in [4.78, 5) is 15.2. The monoisotopic (exact) mass is 259 g/mol. The first kappa shape index (κ1) is 11.8. The second-order valence-corrected chi connectivity index (χ2v) is 4.28. The number of aromatic nitrogens is 1. The van der Waals surface area contributed by atoms with Crippen LogP contribution in [0.15, 0.2) is 22.6 Å². The molecule has 1 aliphatic rings. The number of aldehydes is 1. The van der Waals surface area contributed by atoms with Crippen LogP contribution < -0.4 is 9.47 Å². The Morgan fingerprint density at radius 2 is 2.00 bits per heavy atom. The van der Waals surface area contributed by atoms with Gasteiger partial charge in [-0.1, -0.05) is 0 Å². The molecule has 0 unspecified atom stereocenters. The zero-order valence-electron chi connectivity index (χ0n) is 10.5. The SMILES string of the molecule is Cc1nc(-c2ccc3c(c2)OCCCO3)c(C=O)o1. The Hall–Kier alpha value is -2.30. The highest BCUT2D eigenvalue weighted by molar-refractivity contribution is 5.82. The van der Waals surface area contributed by atoms with Crippen LogP contribution in [0.25, 0.3) is 11.3 Å². The lowest BCUT2D eigenvalue weighted by Crippen LogP contribution is -1.97. The number of hydrogen-bond acceptors (Lipinski definition) is 5. The maximum atomic E-state index is 11.0. The van der Waals surface area contributed by atoms with Gasteiger partial charge in [0.1, 0.15) is 5.69 Å². The predicted molar refractivity (Wildman–Crippen MR) is 67.7 cm³/mol. The van der Waals surface area contributed by atoms with Crippen LogP contribution in [0.5, 0.6) is 11.5 Å². The minimum atomic E-state index is 0.229. The topological polar surface area (TPSA) is 61.6 Å². The Balaban J connectivity index is 2.05. The highest BCUT2D eigenvalue weighted by Crippen LogP contribution is 2.34. The third-order valence-corrected chi connectivity index (χ3v) is 2.89. The van der Waals surface area contributed by atoms with Crippen LogP contribution in [-0.4, -0.2) is 24.5 Å². The summed E-state index contributed by atoms with van der Waals surface area (Å²) in [6, 6.07) is 5.50. The number of carbonyl (C=O) groups excluding carboxylic acids is 1. The highest BCUT2D eigenvalue weighted by atomic mass is 16.5. The number of rotatable bonds is 2. The summed E-state index contributed by atoms with van der Waals surface area (Å²) >= 11 is 0. The molecule has 1 aromatic heterocycles. The highest BCUT2D eigenvalue weighted by Gasteiger charge is 2.16. The number of fused-ring (bicyclic) bond motifs is 1. The second kappa shape index (κ2) is 4.76. The summed E-state index contributed by atoms with van der Waals surface area (Å²) in [6.45, 7) is 2.98. The van der Waals surface area contributed by atoms with Crippen LogP contribution in [-0.2, 0) is 0 Å². The fraction of sp³-hybridized carbons (Fsp3) is 0.286. The zero-order chi connectivity index (χ0) is 13.2. The van der Waals surface area contributed by atoms with E-state index in [-0.39, 0.29) is 5.76 Å². The van der Waals surface area contributed by atoms with E-state index in [1.165, 1.54) is 0 Å². The molecule has 1 aromatic carbocycles. The van der Waals surface area contributed by atoms with E-state index in [0.717, 1.165) is 12.0 Å². The van der Waals surface area contributed by atoms with Gasteiger partial charge < -0.3 is 13.9 Å². The third kappa shape index (κ3) is 2.19. The zero-order valence-corrected chi connectivity index (χ0v) is 10.5. The van der Waals surface area contributed by atoms with Crippen LogP contribution in [0.1, 0.15) is 22.9 Å². The lowest BCUT2D eigenvalue weighted by atomic mass is 10.1. The number of hydrogen-bond donors (Lipinski definition) is 0. The fourth-order valence-corrected chi connectivity index (χ4v) is 2.04. The first-order valence-electron chi connectivity index (χ1n) is 6.10. The number of ether oxygens (including phenoxy) is 2. The molecule has 0 aliphatic carbocycles. The lowest BCUT2D eigenvalue weighted by molar-refractivity contribution is 0.110. The first-order chi connectivity index (χ1) is 9.28. The normalized spacial score (nSPS) is 13.9. The molecule has 2 aromatic rings. The largest absolute Gasteiger partial charge is 0.490 e. The summed E-state index contributed by atoms with van der Waals surface area (Å²) in [5, 5.41) is 0. The molecule has 0 bridgehead atoms. The predicted octanol–water partition coefficient (Wildman–Crippen LogP) is 2.62. The van der Waals surface area contributed by atoms with Crippen molar-refractivity contribution < 1.29 is 18.7 Å². The quantitative estimate of drug-likeness (QED) is 0.776. The minimum Gasteiger partial charge on any atom is -0.490 e. The number of nitrogens with zero attached hydrogens (tertiary/aromatic N) is 1. The first-order valence-corrected chi connectivity index (χ1v) is 6.10. The standard InChI is InChI=1S/C14H13NO4/c1-9-15-14(13(8-16)19-9)10-3-4-11-12(7-10)18-6-2-5-17-11/h3-4,7-8H,2,5-6H2,1H3. The van der Waals surface area contributed by atoms with Crippen molar-refractivity contribution in [2.75, 3.05) is 13.2 Å². The van der Waals surface area contributed by atoms with Gasteiger partial charge in [0, 0.05) is 18.9 Å². The van der Waals surface area contributed by atoms with E-state index >= 15 is 0 Å². The maximum absolute atomic E-state index is 11.0. The van der Waals surface area contributed by atoms with Crippen molar-refractivity contribution in [2.24, 2.45) is 0 Å². The van der Waals surface area contributed by atoms with E-state index in [0.29, 0.717) is 42.6 Å². The maximum Gasteiger partial charge on any atom is 0.195 e. The van der Waals surface area contributed by atoms with Crippen molar-refractivity contribution in [1.29, 1.82) is 0 Å². The molecule has 5 nitrogen and oxygen atoms in total. The van der Waals surface area contributed by atoms with Gasteiger partial charge in [-0.15, -0.1) is 0 Å². The van der Waals surface area contributed by atoms with Crippen molar-refractivity contribution in [3.63, 3.8) is 0 Å². The molecule has 0 spiro atoms. The van der Waals surface area contributed by atoms with Gasteiger partial charge in [0.15, 0.2) is 29.4 Å². The minimum absolute atomic E-state index is 0.229. The van der Waals surface area contributed by atoms with Gasteiger partial charge in [-0.2, -0.15) is 0 Å². The van der Waals surface area contributed by atoms with Gasteiger partial charge in [-0.05, 0) is 18.2 Å². The average molecular weight is 259 g/mol. The molecule has 0 amide bonds. The smallest absolute Gasteiger partial charge is 0.195 e. The van der Waals surface area contributed by atoms with Crippen LogP contribution >= 0.6 is 0 Å². The van der Waals surface area contributed by atoms with Crippen LogP contribution in [0.3, 0.4) is 0 Å². The fourth-order valence-electron chi connectivity index (χ4n) is 2.04. The Morgan fingerprint density at radius 1 is 1.21 bits per heavy atom. The summed E-state index contributed by atoms with van der Waals surface area (Å²) in [5.74, 6) is 2.08. The Bertz CT molecular complexity index is 618. The van der Waals surface area contributed by atoms with Crippen molar-refractivity contribution in [3.8, 4) is 22.8 Å². The molecular weight excluding hydrogens is 246 g/mol. The molecule has 98 valence electrons. The molecule has 3 rings (SSSR count). The number of aryl methyl sites for hydroxylation is 1. The molecular formula is C14H13NO4. The number of carbonyl (C=O) groups is 1. The van der Waals surface area contributed by atoms with Crippen LogP contribution in [0, 0.1) is 6.92 Å². The molecule has 0 fully saturated rings. The number of oxazole rings is 1. The summed E-state index contributed by atoms with van der Waals surface area (Å²) in [6.07, 6.45) is 1.52. The van der Waals surface area contributed by atoms with E-state index in [1.807, 2.05) is 18.2 Å². The van der Waals surface area contributed by atoms with E-state index in [1.54, 1.807) is 6.92 Å². The molecule has 2 heterocycles. The summed E-state index contributed by atoms with van der Waals surface area (Å²) in [7, 11) is 0. The molecule has 19 heavy (non-hydrogen) atoms. The van der Waals surface area contributed by atoms with Gasteiger partial charge in [0.2, 0.25) is 0 Å². The second-order valence-electron chi connectivity index (χ2n) is 4.28. The Morgan fingerprint density at radius 3 is 2.79 bits per heavy atom. The van der Waals surface area contributed by atoms with E-state index < -0.39 is 0 Å². The van der Waals surface area contributed by atoms with Gasteiger partial charge in [-0.25, -0.2) is 4.98 Å². The van der Waals surface area contributed by atoms with E-state index in [9.17, 15) is 4.79 Å². The molecule has 0 saturated heterocycles. The molecule has 0 radical (unpaired) electrons. The Labute approximate surface area is 110 Å². The summed E-state index contributed by atoms with van der Waals surface area (Å²) in [5.41, 5.74) is 1.31. The van der Waals surface area contributed by atoms with E-state index in [4.69, 9.17) is 13.9 Å². The average Bonchev–Trinajstić information content (AvgIpc) is 2.66. The molecule has 0 atom stereocenters. The van der Waals surface area contributed by atoms with Gasteiger partial charge in [0.25, 0.3) is 0 Å². The molecule has 0 N–H and O–H groups in total. The molecule has 5 heteroatoms. The van der Waals surface area contributed by atoms with Gasteiger partial charge in [-0.3, -0.25) is 4.79 Å². The summed E-state index contributed by atoms with van der Waals surface area (Å²) < 4.78 is 16.4. The Kier molecular flexibility index (Phi) is 2.95. The van der Waals surface area contributed by atoms with Gasteiger partial charge >= 0.3 is 0 Å².